The van der Waals surface area contributed by atoms with Gasteiger partial charge in [-0.3, -0.25) is 9.59 Å². The van der Waals surface area contributed by atoms with E-state index < -0.39 is 42.2 Å². The number of nitrogens with zero attached hydrogens (tertiary/aromatic N) is 1. The number of carbonyl (C=O) groups excluding carboxylic acids is 3. The van der Waals surface area contributed by atoms with Crippen molar-refractivity contribution in [3.8, 4) is 17.2 Å². The van der Waals surface area contributed by atoms with E-state index in [1.807, 2.05) is 37.3 Å². The Morgan fingerprint density at radius 2 is 1.62 bits per heavy atom. The molecule has 3 amide bonds. The number of hydrogen-bond donors (Lipinski definition) is 5. The van der Waals surface area contributed by atoms with Crippen molar-refractivity contribution in [2.75, 3.05) is 13.2 Å². The Hall–Kier alpha value is -3.89. The highest BCUT2D eigenvalue weighted by Gasteiger charge is 2.28. The zero-order chi connectivity index (χ0) is 34.6. The number of aliphatic hydroxyl groups is 1. The van der Waals surface area contributed by atoms with Gasteiger partial charge in [0.15, 0.2) is 11.5 Å². The number of amides is 3. The first kappa shape index (κ1) is 37.6. The molecule has 0 spiro atoms. The van der Waals surface area contributed by atoms with Gasteiger partial charge in [0, 0.05) is 10.9 Å². The summed E-state index contributed by atoms with van der Waals surface area (Å²) in [6, 6.07) is 14.9. The highest BCUT2D eigenvalue weighted by Crippen LogP contribution is 2.34. The average Bonchev–Trinajstić information content (AvgIpc) is 3.00. The third-order valence-corrected chi connectivity index (χ3v) is 7.55. The number of phenols is 1. The molecule has 0 saturated heterocycles. The number of hydrogen-bond acceptors (Lipinski definition) is 9. The van der Waals surface area contributed by atoms with Crippen LogP contribution in [0.25, 0.3) is 0 Å². The van der Waals surface area contributed by atoms with Crippen molar-refractivity contribution in [3.63, 3.8) is 0 Å². The van der Waals surface area contributed by atoms with Gasteiger partial charge >= 0.3 is 6.09 Å². The molecule has 5 N–H and O–H groups in total. The zero-order valence-electron chi connectivity index (χ0n) is 26.4. The molecule has 0 aliphatic rings. The van der Waals surface area contributed by atoms with Crippen LogP contribution in [0, 0.1) is 3.57 Å². The van der Waals surface area contributed by atoms with E-state index in [0.717, 1.165) is 13.6 Å². The summed E-state index contributed by atoms with van der Waals surface area (Å²) in [4.78, 5) is 38.5. The Labute approximate surface area is 295 Å². The van der Waals surface area contributed by atoms with Gasteiger partial charge in [-0.25, -0.2) is 10.2 Å². The minimum Gasteiger partial charge on any atom is -0.508 e. The number of aliphatic hydroxyl groups excluding tert-OH is 1. The molecule has 0 saturated carbocycles. The largest absolute Gasteiger partial charge is 0.508 e. The Morgan fingerprint density at radius 3 is 2.23 bits per heavy atom. The van der Waals surface area contributed by atoms with E-state index in [9.17, 15) is 24.6 Å². The van der Waals surface area contributed by atoms with Crippen LogP contribution in [0.15, 0.2) is 70.2 Å². The summed E-state index contributed by atoms with van der Waals surface area (Å²) in [7, 11) is 0. The number of benzene rings is 3. The van der Waals surface area contributed by atoms with Gasteiger partial charge < -0.3 is 35.1 Å². The predicted octanol–water partition coefficient (Wildman–Crippen LogP) is 4.80. The molecule has 12 nitrogen and oxygen atoms in total. The summed E-state index contributed by atoms with van der Waals surface area (Å²) < 4.78 is 18.8. The maximum Gasteiger partial charge on any atom is 0.408 e. The van der Waals surface area contributed by atoms with Crippen LogP contribution < -0.4 is 25.5 Å². The lowest BCUT2D eigenvalue weighted by atomic mass is 10.0. The molecule has 0 aliphatic carbocycles. The lowest BCUT2D eigenvalue weighted by molar-refractivity contribution is -0.130. The molecule has 3 rings (SSSR count). The SMILES string of the molecule is CCOc1cc(/C=N\NC(=O)[C@H](Cc2ccc(O)cc2)NC(=O)[C@H](CO)NC(=O)OC(C)(C)C)cc(I)c1OCc1ccc(Br)cc1. The molecular formula is C33H38BrIN4O8. The molecule has 14 heteroatoms. The Kier molecular flexibility index (Phi) is 14.3. The Morgan fingerprint density at radius 1 is 0.957 bits per heavy atom. The van der Waals surface area contributed by atoms with Crippen LogP contribution >= 0.6 is 38.5 Å². The summed E-state index contributed by atoms with van der Waals surface area (Å²) in [5.74, 6) is -0.348. The Balaban J connectivity index is 1.74. The van der Waals surface area contributed by atoms with Gasteiger partial charge in [0.2, 0.25) is 5.91 Å². The smallest absolute Gasteiger partial charge is 0.408 e. The molecule has 47 heavy (non-hydrogen) atoms. The van der Waals surface area contributed by atoms with Crippen molar-refractivity contribution < 1.29 is 38.8 Å². The van der Waals surface area contributed by atoms with E-state index in [2.05, 4.69) is 59.7 Å². The minimum absolute atomic E-state index is 0.0226. The van der Waals surface area contributed by atoms with Gasteiger partial charge in [0.25, 0.3) is 5.91 Å². The van der Waals surface area contributed by atoms with Crippen LogP contribution in [-0.4, -0.2) is 65.2 Å². The molecule has 0 fully saturated rings. The van der Waals surface area contributed by atoms with Crippen LogP contribution in [0.3, 0.4) is 0 Å². The lowest BCUT2D eigenvalue weighted by Gasteiger charge is -2.24. The monoisotopic (exact) mass is 824 g/mol. The lowest BCUT2D eigenvalue weighted by Crippen LogP contribution is -2.55. The molecule has 0 unspecified atom stereocenters. The van der Waals surface area contributed by atoms with Crippen LogP contribution in [-0.2, 0) is 27.4 Å². The summed E-state index contributed by atoms with van der Waals surface area (Å²) in [6.45, 7) is 6.84. The summed E-state index contributed by atoms with van der Waals surface area (Å²) in [5.41, 5.74) is 3.86. The predicted molar refractivity (Wildman–Crippen MR) is 189 cm³/mol. The van der Waals surface area contributed by atoms with Crippen LogP contribution in [0.1, 0.15) is 44.4 Å². The van der Waals surface area contributed by atoms with Crippen molar-refractivity contribution in [1.29, 1.82) is 0 Å². The van der Waals surface area contributed by atoms with Gasteiger partial charge in [0.05, 0.1) is 23.0 Å². The maximum absolute atomic E-state index is 13.3. The first-order valence-corrected chi connectivity index (χ1v) is 16.5. The Bertz CT molecular complexity index is 1550. The molecule has 0 aliphatic heterocycles. The number of alkyl carbamates (subject to hydrolysis) is 1. The second kappa shape index (κ2) is 17.9. The van der Waals surface area contributed by atoms with E-state index in [0.29, 0.717) is 35.8 Å². The van der Waals surface area contributed by atoms with E-state index in [1.54, 1.807) is 39.0 Å². The number of hydrazone groups is 1. The third-order valence-electron chi connectivity index (χ3n) is 6.22. The zero-order valence-corrected chi connectivity index (χ0v) is 30.1. The first-order chi connectivity index (χ1) is 22.3. The van der Waals surface area contributed by atoms with Crippen molar-refractivity contribution in [3.05, 3.63) is 85.4 Å². The van der Waals surface area contributed by atoms with Crippen molar-refractivity contribution in [2.45, 2.75) is 58.4 Å². The first-order valence-electron chi connectivity index (χ1n) is 14.6. The molecule has 0 radical (unpaired) electrons. The molecule has 3 aromatic carbocycles. The van der Waals surface area contributed by atoms with E-state index >= 15 is 0 Å². The topological polar surface area (TPSA) is 168 Å². The number of carbonyl (C=O) groups is 3. The molecular weight excluding hydrogens is 787 g/mol. The minimum atomic E-state index is -1.38. The van der Waals surface area contributed by atoms with Crippen LogP contribution in [0.2, 0.25) is 0 Å². The molecule has 0 aromatic heterocycles. The van der Waals surface area contributed by atoms with Crippen LogP contribution in [0.4, 0.5) is 4.79 Å². The second-order valence-electron chi connectivity index (χ2n) is 11.2. The third kappa shape index (κ3) is 12.7. The molecule has 3 aromatic rings. The summed E-state index contributed by atoms with van der Waals surface area (Å²) in [5, 5.41) is 28.4. The highest BCUT2D eigenvalue weighted by molar-refractivity contribution is 14.1. The standard InChI is InChI=1S/C33H38BrIN4O8/c1-5-45-28-16-22(14-25(35)29(28)46-19-21-6-10-23(34)11-7-21)17-36-39-31(43)26(15-20-8-12-24(41)13-9-20)37-30(42)27(18-40)38-32(44)47-33(2,3)4/h6-14,16-17,26-27,40-41H,5,15,18-19H2,1-4H3,(H,37,42)(H,38,44)(H,39,43)/b36-17-/t26-,27-/m0/s1. The van der Waals surface area contributed by atoms with Crippen LogP contribution in [0.5, 0.6) is 17.2 Å². The number of rotatable bonds is 14. The normalized spacial score (nSPS) is 12.6. The fraction of sp³-hybridized carbons (Fsp3) is 0.333. The molecule has 0 heterocycles. The number of aromatic hydroxyl groups is 1. The van der Waals surface area contributed by atoms with Gasteiger partial charge in [-0.1, -0.05) is 40.2 Å². The average molecular weight is 825 g/mol. The fourth-order valence-corrected chi connectivity index (χ4v) is 5.09. The van der Waals surface area contributed by atoms with Crippen molar-refractivity contribution >= 4 is 62.6 Å². The molecule has 0 bridgehead atoms. The molecule has 252 valence electrons. The van der Waals surface area contributed by atoms with Gasteiger partial charge in [0.1, 0.15) is 30.0 Å². The number of halogens is 2. The van der Waals surface area contributed by atoms with Crippen molar-refractivity contribution in [2.24, 2.45) is 5.10 Å². The second-order valence-corrected chi connectivity index (χ2v) is 13.3. The van der Waals surface area contributed by atoms with E-state index in [-0.39, 0.29) is 12.2 Å². The summed E-state index contributed by atoms with van der Waals surface area (Å²) >= 11 is 5.57. The maximum atomic E-state index is 13.3. The summed E-state index contributed by atoms with van der Waals surface area (Å²) in [6.07, 6.45) is 0.553. The van der Waals surface area contributed by atoms with Gasteiger partial charge in [-0.15, -0.1) is 0 Å². The fourth-order valence-electron chi connectivity index (χ4n) is 4.04. The molecule has 2 atom stereocenters. The number of ether oxygens (including phenoxy) is 3. The van der Waals surface area contributed by atoms with Gasteiger partial charge in [-0.2, -0.15) is 5.10 Å². The quantitative estimate of drug-likeness (QED) is 0.0879. The van der Waals surface area contributed by atoms with Crippen molar-refractivity contribution in [1.82, 2.24) is 16.1 Å². The number of nitrogens with one attached hydrogen (secondary N) is 3. The van der Waals surface area contributed by atoms with E-state index in [1.165, 1.54) is 18.3 Å². The highest BCUT2D eigenvalue weighted by atomic mass is 127. The van der Waals surface area contributed by atoms with Gasteiger partial charge in [-0.05, 0) is 103 Å². The number of phenolic OH excluding ortho intramolecular Hbond substituents is 1. The van der Waals surface area contributed by atoms with E-state index in [4.69, 9.17) is 14.2 Å².